The minimum Gasteiger partial charge on any atom is -0.381 e. The van der Waals surface area contributed by atoms with Crippen LogP contribution in [0.25, 0.3) is 0 Å². The minimum absolute atomic E-state index is 0.353. The van der Waals surface area contributed by atoms with E-state index >= 15 is 0 Å². The van der Waals surface area contributed by atoms with Crippen molar-refractivity contribution in [3.63, 3.8) is 0 Å². The number of hydrogen-bond acceptors (Lipinski definition) is 4. The lowest BCUT2D eigenvalue weighted by molar-refractivity contribution is 0.193. The maximum atomic E-state index is 5.45. The number of aromatic nitrogens is 2. The monoisotopic (exact) mass is 327 g/mol. The van der Waals surface area contributed by atoms with Crippen LogP contribution in [0.1, 0.15) is 50.5 Å². The quantitative estimate of drug-likeness (QED) is 0.868. The fraction of sp³-hybridized carbons (Fsp3) is 0.714. The van der Waals surface area contributed by atoms with E-state index in [1.165, 1.54) is 0 Å². The van der Waals surface area contributed by atoms with E-state index in [-0.39, 0.29) is 0 Å². The molecule has 1 fully saturated rings. The van der Waals surface area contributed by atoms with Crippen molar-refractivity contribution in [1.29, 1.82) is 0 Å². The standard InChI is InChI=1S/C14H22BrN3O/c1-3-5-11-12(15)14(16-7-4-2)18-13(17-11)10-6-8-19-9-10/h10H,3-9H2,1-2H3,(H,16,17,18). The summed E-state index contributed by atoms with van der Waals surface area (Å²) in [5.41, 5.74) is 1.11. The van der Waals surface area contributed by atoms with Crippen molar-refractivity contribution >= 4 is 21.7 Å². The lowest BCUT2D eigenvalue weighted by Gasteiger charge is -2.14. The minimum atomic E-state index is 0.353. The van der Waals surface area contributed by atoms with Crippen molar-refractivity contribution in [3.05, 3.63) is 16.0 Å². The molecule has 1 aliphatic rings. The van der Waals surface area contributed by atoms with Crippen LogP contribution in [0.5, 0.6) is 0 Å². The van der Waals surface area contributed by atoms with Crippen LogP contribution in [0.2, 0.25) is 0 Å². The van der Waals surface area contributed by atoms with Gasteiger partial charge in [0, 0.05) is 19.1 Å². The molecule has 4 nitrogen and oxygen atoms in total. The fourth-order valence-corrected chi connectivity index (χ4v) is 2.71. The number of nitrogens with one attached hydrogen (secondary N) is 1. The smallest absolute Gasteiger partial charge is 0.144 e. The van der Waals surface area contributed by atoms with E-state index in [4.69, 9.17) is 9.72 Å². The average Bonchev–Trinajstić information content (AvgIpc) is 2.94. The zero-order valence-corrected chi connectivity index (χ0v) is 13.3. The Morgan fingerprint density at radius 1 is 1.32 bits per heavy atom. The van der Waals surface area contributed by atoms with Gasteiger partial charge in [-0.3, -0.25) is 0 Å². The van der Waals surface area contributed by atoms with Crippen LogP contribution in [0.4, 0.5) is 5.82 Å². The van der Waals surface area contributed by atoms with Gasteiger partial charge in [0.05, 0.1) is 16.8 Å². The van der Waals surface area contributed by atoms with Gasteiger partial charge < -0.3 is 10.1 Å². The molecule has 1 N–H and O–H groups in total. The van der Waals surface area contributed by atoms with Crippen molar-refractivity contribution < 1.29 is 4.74 Å². The van der Waals surface area contributed by atoms with Gasteiger partial charge in [-0.15, -0.1) is 0 Å². The van der Waals surface area contributed by atoms with E-state index in [1.54, 1.807) is 0 Å². The Kier molecular flexibility index (Phi) is 5.58. The van der Waals surface area contributed by atoms with Crippen LogP contribution in [-0.4, -0.2) is 29.7 Å². The topological polar surface area (TPSA) is 47.0 Å². The first kappa shape index (κ1) is 14.7. The second kappa shape index (κ2) is 7.20. The summed E-state index contributed by atoms with van der Waals surface area (Å²) >= 11 is 3.64. The van der Waals surface area contributed by atoms with Gasteiger partial charge in [-0.05, 0) is 35.2 Å². The lowest BCUT2D eigenvalue weighted by atomic mass is 10.1. The molecule has 5 heteroatoms. The van der Waals surface area contributed by atoms with Crippen LogP contribution in [0.15, 0.2) is 4.47 Å². The molecule has 1 unspecified atom stereocenters. The summed E-state index contributed by atoms with van der Waals surface area (Å²) in [4.78, 5) is 9.42. The molecule has 1 saturated heterocycles. The Labute approximate surface area is 123 Å². The lowest BCUT2D eigenvalue weighted by Crippen LogP contribution is -2.12. The SMILES string of the molecule is CCCNc1nc(C2CCOC2)nc(CCC)c1Br. The van der Waals surface area contributed by atoms with E-state index in [0.717, 1.165) is 67.3 Å². The Balaban J connectivity index is 2.29. The van der Waals surface area contributed by atoms with Gasteiger partial charge in [-0.1, -0.05) is 20.3 Å². The zero-order chi connectivity index (χ0) is 13.7. The summed E-state index contributed by atoms with van der Waals surface area (Å²) in [6, 6.07) is 0. The van der Waals surface area contributed by atoms with Crippen molar-refractivity contribution in [2.24, 2.45) is 0 Å². The zero-order valence-electron chi connectivity index (χ0n) is 11.7. The van der Waals surface area contributed by atoms with E-state index < -0.39 is 0 Å². The number of ether oxygens (including phenoxy) is 1. The molecule has 1 aromatic rings. The molecule has 2 rings (SSSR count). The fourth-order valence-electron chi connectivity index (χ4n) is 2.20. The molecule has 0 amide bonds. The maximum Gasteiger partial charge on any atom is 0.144 e. The van der Waals surface area contributed by atoms with E-state index in [1.807, 2.05) is 0 Å². The molecular weight excluding hydrogens is 306 g/mol. The second-order valence-corrected chi connectivity index (χ2v) is 5.72. The Morgan fingerprint density at radius 3 is 2.79 bits per heavy atom. The molecule has 0 saturated carbocycles. The van der Waals surface area contributed by atoms with Crippen molar-refractivity contribution in [2.75, 3.05) is 25.1 Å². The summed E-state index contributed by atoms with van der Waals surface area (Å²) in [5.74, 6) is 2.22. The molecule has 19 heavy (non-hydrogen) atoms. The molecular formula is C14H22BrN3O. The number of anilines is 1. The van der Waals surface area contributed by atoms with Crippen molar-refractivity contribution in [3.8, 4) is 0 Å². The van der Waals surface area contributed by atoms with E-state index in [0.29, 0.717) is 5.92 Å². The van der Waals surface area contributed by atoms with Crippen LogP contribution in [-0.2, 0) is 11.2 Å². The Morgan fingerprint density at radius 2 is 2.16 bits per heavy atom. The molecule has 0 spiro atoms. The largest absolute Gasteiger partial charge is 0.381 e. The number of nitrogens with zero attached hydrogens (tertiary/aromatic N) is 2. The van der Waals surface area contributed by atoms with Gasteiger partial charge in [0.25, 0.3) is 0 Å². The van der Waals surface area contributed by atoms with E-state index in [2.05, 4.69) is 40.1 Å². The molecule has 1 atom stereocenters. The normalized spacial score (nSPS) is 18.8. The third kappa shape index (κ3) is 3.66. The predicted molar refractivity (Wildman–Crippen MR) is 80.7 cm³/mol. The van der Waals surface area contributed by atoms with Crippen LogP contribution >= 0.6 is 15.9 Å². The molecule has 0 aliphatic carbocycles. The predicted octanol–water partition coefficient (Wildman–Crippen LogP) is 3.52. The Bertz CT molecular complexity index is 419. The average molecular weight is 328 g/mol. The second-order valence-electron chi connectivity index (χ2n) is 4.93. The van der Waals surface area contributed by atoms with Gasteiger partial charge in [0.2, 0.25) is 0 Å². The first-order valence-electron chi connectivity index (χ1n) is 7.14. The van der Waals surface area contributed by atoms with E-state index in [9.17, 15) is 0 Å². The molecule has 1 aromatic heterocycles. The van der Waals surface area contributed by atoms with Crippen molar-refractivity contribution in [1.82, 2.24) is 9.97 Å². The Hall–Kier alpha value is -0.680. The number of aryl methyl sites for hydroxylation is 1. The highest BCUT2D eigenvalue weighted by molar-refractivity contribution is 9.10. The highest BCUT2D eigenvalue weighted by Crippen LogP contribution is 2.29. The number of halogens is 1. The third-order valence-electron chi connectivity index (χ3n) is 3.26. The van der Waals surface area contributed by atoms with Crippen LogP contribution in [0, 0.1) is 0 Å². The highest BCUT2D eigenvalue weighted by Gasteiger charge is 2.23. The number of hydrogen-bond donors (Lipinski definition) is 1. The summed E-state index contributed by atoms with van der Waals surface area (Å²) < 4.78 is 6.47. The maximum absolute atomic E-state index is 5.45. The molecule has 0 aromatic carbocycles. The molecule has 2 heterocycles. The highest BCUT2D eigenvalue weighted by atomic mass is 79.9. The van der Waals surface area contributed by atoms with Gasteiger partial charge in [0.1, 0.15) is 11.6 Å². The summed E-state index contributed by atoms with van der Waals surface area (Å²) in [6.45, 7) is 6.83. The number of rotatable bonds is 6. The summed E-state index contributed by atoms with van der Waals surface area (Å²) in [6.07, 6.45) is 4.18. The molecule has 1 aliphatic heterocycles. The first-order valence-corrected chi connectivity index (χ1v) is 7.93. The van der Waals surface area contributed by atoms with Gasteiger partial charge >= 0.3 is 0 Å². The third-order valence-corrected chi connectivity index (χ3v) is 4.09. The van der Waals surface area contributed by atoms with Crippen LogP contribution in [0.3, 0.4) is 0 Å². The van der Waals surface area contributed by atoms with Gasteiger partial charge in [-0.2, -0.15) is 0 Å². The van der Waals surface area contributed by atoms with Gasteiger partial charge in [-0.25, -0.2) is 9.97 Å². The molecule has 0 bridgehead atoms. The molecule has 106 valence electrons. The molecule has 0 radical (unpaired) electrons. The van der Waals surface area contributed by atoms with Crippen LogP contribution < -0.4 is 5.32 Å². The van der Waals surface area contributed by atoms with Crippen molar-refractivity contribution in [2.45, 2.75) is 45.4 Å². The first-order chi connectivity index (χ1) is 9.26. The summed E-state index contributed by atoms with van der Waals surface area (Å²) in [7, 11) is 0. The van der Waals surface area contributed by atoms with Gasteiger partial charge in [0.15, 0.2) is 0 Å². The summed E-state index contributed by atoms with van der Waals surface area (Å²) in [5, 5.41) is 3.39.